The van der Waals surface area contributed by atoms with Crippen LogP contribution < -0.4 is 5.73 Å². The smallest absolute Gasteiger partial charge is 0.244 e. The van der Waals surface area contributed by atoms with E-state index in [1.807, 2.05) is 6.92 Å². The molecule has 0 aliphatic carbocycles. The molecule has 1 heterocycles. The Kier molecular flexibility index (Phi) is 5.74. The predicted octanol–water partition coefficient (Wildman–Crippen LogP) is 1.17. The van der Waals surface area contributed by atoms with Crippen molar-refractivity contribution in [1.82, 2.24) is 4.31 Å². The third kappa shape index (κ3) is 3.52. The highest BCUT2D eigenvalue weighted by atomic mass is 32.2. The molecular weight excluding hydrogens is 272 g/mol. The summed E-state index contributed by atoms with van der Waals surface area (Å²) in [7, 11) is -1.87. The van der Waals surface area contributed by atoms with E-state index < -0.39 is 10.0 Å². The molecule has 1 rings (SSSR count). The van der Waals surface area contributed by atoms with Crippen LogP contribution in [0.1, 0.15) is 16.7 Å². The van der Waals surface area contributed by atoms with Crippen LogP contribution in [0.4, 0.5) is 0 Å². The minimum atomic E-state index is -3.43. The van der Waals surface area contributed by atoms with Crippen LogP contribution in [0.15, 0.2) is 11.0 Å². The van der Waals surface area contributed by atoms with Crippen molar-refractivity contribution in [3.8, 4) is 0 Å². The van der Waals surface area contributed by atoms with Crippen LogP contribution in [0.2, 0.25) is 0 Å². The molecule has 104 valence electrons. The van der Waals surface area contributed by atoms with Crippen LogP contribution in [-0.2, 0) is 21.3 Å². The second kappa shape index (κ2) is 6.63. The normalized spacial score (nSPS) is 12.3. The van der Waals surface area contributed by atoms with E-state index in [9.17, 15) is 8.42 Å². The van der Waals surface area contributed by atoms with Crippen LogP contribution in [0.3, 0.4) is 0 Å². The quantitative estimate of drug-likeness (QED) is 0.766. The molecule has 7 heteroatoms. The van der Waals surface area contributed by atoms with E-state index in [1.165, 1.54) is 15.6 Å². The van der Waals surface area contributed by atoms with Gasteiger partial charge < -0.3 is 10.5 Å². The maximum Gasteiger partial charge on any atom is 0.244 e. The minimum Gasteiger partial charge on any atom is -0.380 e. The average Bonchev–Trinajstić information content (AvgIpc) is 2.71. The molecule has 18 heavy (non-hydrogen) atoms. The molecule has 5 nitrogen and oxygen atoms in total. The van der Waals surface area contributed by atoms with Crippen LogP contribution in [-0.4, -0.2) is 39.5 Å². The van der Waals surface area contributed by atoms with Gasteiger partial charge in [-0.1, -0.05) is 0 Å². The fourth-order valence-corrected chi connectivity index (χ4v) is 4.14. The van der Waals surface area contributed by atoms with Crippen molar-refractivity contribution in [2.24, 2.45) is 5.73 Å². The van der Waals surface area contributed by atoms with Gasteiger partial charge in [-0.15, -0.1) is 11.3 Å². The van der Waals surface area contributed by atoms with Gasteiger partial charge in [0, 0.05) is 36.5 Å². The summed E-state index contributed by atoms with van der Waals surface area (Å²) in [4.78, 5) is 2.01. The van der Waals surface area contributed by atoms with E-state index in [2.05, 4.69) is 0 Å². The number of nitrogens with zero attached hydrogens (tertiary/aromatic N) is 1. The third-order valence-corrected chi connectivity index (χ3v) is 5.75. The van der Waals surface area contributed by atoms with Gasteiger partial charge in [-0.05, 0) is 19.9 Å². The number of hydrogen-bond acceptors (Lipinski definition) is 5. The largest absolute Gasteiger partial charge is 0.380 e. The van der Waals surface area contributed by atoms with Crippen LogP contribution >= 0.6 is 11.3 Å². The molecular formula is C11H20N2O3S2. The molecule has 0 aromatic carbocycles. The number of rotatable bonds is 7. The molecule has 0 atom stereocenters. The summed E-state index contributed by atoms with van der Waals surface area (Å²) in [5.41, 5.74) is 5.53. The van der Waals surface area contributed by atoms with Crippen molar-refractivity contribution in [1.29, 1.82) is 0 Å². The van der Waals surface area contributed by atoms with Crippen molar-refractivity contribution in [3.63, 3.8) is 0 Å². The first-order chi connectivity index (χ1) is 8.43. The van der Waals surface area contributed by atoms with E-state index in [0.717, 1.165) is 9.75 Å². The zero-order chi connectivity index (χ0) is 13.8. The fraction of sp³-hybridized carbons (Fsp3) is 0.636. The SMILES string of the molecule is CCOCCN(C)S(=O)(=O)c1cc(CN)sc1C. The van der Waals surface area contributed by atoms with Crippen molar-refractivity contribution >= 4 is 21.4 Å². The molecule has 2 N–H and O–H groups in total. The van der Waals surface area contributed by atoms with E-state index >= 15 is 0 Å². The van der Waals surface area contributed by atoms with Gasteiger partial charge in [0.2, 0.25) is 10.0 Å². The summed E-state index contributed by atoms with van der Waals surface area (Å²) >= 11 is 1.42. The zero-order valence-electron chi connectivity index (χ0n) is 11.0. The summed E-state index contributed by atoms with van der Waals surface area (Å²) in [6.45, 7) is 5.38. The second-order valence-electron chi connectivity index (χ2n) is 3.86. The lowest BCUT2D eigenvalue weighted by molar-refractivity contribution is 0.138. The highest BCUT2D eigenvalue weighted by Gasteiger charge is 2.24. The molecule has 1 aromatic heterocycles. The van der Waals surface area contributed by atoms with Gasteiger partial charge in [0.25, 0.3) is 0 Å². The number of thiophene rings is 1. The maximum atomic E-state index is 12.3. The number of likely N-dealkylation sites (N-methyl/N-ethyl adjacent to an activating group) is 1. The minimum absolute atomic E-state index is 0.351. The Balaban J connectivity index is 2.87. The Hall–Kier alpha value is -0.470. The lowest BCUT2D eigenvalue weighted by atomic mass is 10.4. The number of ether oxygens (including phenoxy) is 1. The molecule has 0 aliphatic heterocycles. The van der Waals surface area contributed by atoms with Crippen molar-refractivity contribution in [2.75, 3.05) is 26.8 Å². The molecule has 0 spiro atoms. The van der Waals surface area contributed by atoms with Gasteiger partial charge in [-0.3, -0.25) is 0 Å². The van der Waals surface area contributed by atoms with Gasteiger partial charge in [0.1, 0.15) is 0 Å². The Morgan fingerprint density at radius 1 is 1.50 bits per heavy atom. The highest BCUT2D eigenvalue weighted by molar-refractivity contribution is 7.89. The Morgan fingerprint density at radius 3 is 2.67 bits per heavy atom. The first-order valence-electron chi connectivity index (χ1n) is 5.77. The summed E-state index contributed by atoms with van der Waals surface area (Å²) in [5, 5.41) is 0. The Morgan fingerprint density at radius 2 is 2.17 bits per heavy atom. The molecule has 0 radical (unpaired) electrons. The monoisotopic (exact) mass is 292 g/mol. The van der Waals surface area contributed by atoms with Crippen LogP contribution in [0, 0.1) is 6.92 Å². The van der Waals surface area contributed by atoms with Gasteiger partial charge in [0.05, 0.1) is 11.5 Å². The van der Waals surface area contributed by atoms with Gasteiger partial charge in [-0.2, -0.15) is 4.31 Å². The Bertz CT molecular complexity index is 482. The average molecular weight is 292 g/mol. The second-order valence-corrected chi connectivity index (χ2v) is 7.21. The van der Waals surface area contributed by atoms with E-state index in [-0.39, 0.29) is 0 Å². The summed E-state index contributed by atoms with van der Waals surface area (Å²) in [6, 6.07) is 1.66. The summed E-state index contributed by atoms with van der Waals surface area (Å²) < 4.78 is 31.1. The van der Waals surface area contributed by atoms with Crippen molar-refractivity contribution < 1.29 is 13.2 Å². The van der Waals surface area contributed by atoms with Gasteiger partial charge >= 0.3 is 0 Å². The first kappa shape index (κ1) is 15.6. The molecule has 0 aliphatic rings. The number of nitrogens with two attached hydrogens (primary N) is 1. The molecule has 0 unspecified atom stereocenters. The molecule has 1 aromatic rings. The summed E-state index contributed by atoms with van der Waals surface area (Å²) in [5.74, 6) is 0. The maximum absolute atomic E-state index is 12.3. The third-order valence-electron chi connectivity index (χ3n) is 2.57. The Labute approximate surface area is 113 Å². The fourth-order valence-electron chi connectivity index (χ4n) is 1.51. The number of aryl methyl sites for hydroxylation is 1. The van der Waals surface area contributed by atoms with E-state index in [1.54, 1.807) is 20.0 Å². The summed E-state index contributed by atoms with van der Waals surface area (Å²) in [6.07, 6.45) is 0. The first-order valence-corrected chi connectivity index (χ1v) is 8.02. The molecule has 0 bridgehead atoms. The van der Waals surface area contributed by atoms with Crippen molar-refractivity contribution in [2.45, 2.75) is 25.3 Å². The molecule has 0 saturated heterocycles. The standard InChI is InChI=1S/C11H20N2O3S2/c1-4-16-6-5-13(3)18(14,15)11-7-10(8-12)17-9(11)2/h7H,4-6,8,12H2,1-3H3. The van der Waals surface area contributed by atoms with Crippen molar-refractivity contribution in [3.05, 3.63) is 15.8 Å². The number of hydrogen-bond donors (Lipinski definition) is 1. The highest BCUT2D eigenvalue weighted by Crippen LogP contribution is 2.27. The predicted molar refractivity (Wildman–Crippen MR) is 73.3 cm³/mol. The number of sulfonamides is 1. The van der Waals surface area contributed by atoms with E-state index in [0.29, 0.717) is 31.2 Å². The lowest BCUT2D eigenvalue weighted by Gasteiger charge is -2.16. The topological polar surface area (TPSA) is 72.6 Å². The lowest BCUT2D eigenvalue weighted by Crippen LogP contribution is -2.30. The van der Waals surface area contributed by atoms with Crippen LogP contribution in [0.5, 0.6) is 0 Å². The molecule has 0 saturated carbocycles. The van der Waals surface area contributed by atoms with Gasteiger partial charge in [-0.25, -0.2) is 8.42 Å². The zero-order valence-corrected chi connectivity index (χ0v) is 12.6. The van der Waals surface area contributed by atoms with Crippen LogP contribution in [0.25, 0.3) is 0 Å². The molecule has 0 fully saturated rings. The molecule has 0 amide bonds. The van der Waals surface area contributed by atoms with E-state index in [4.69, 9.17) is 10.5 Å². The van der Waals surface area contributed by atoms with Gasteiger partial charge in [0.15, 0.2) is 0 Å².